The number of ether oxygens (including phenoxy) is 2. The van der Waals surface area contributed by atoms with Crippen molar-refractivity contribution in [3.63, 3.8) is 0 Å². The lowest BCUT2D eigenvalue weighted by atomic mass is 10.1. The maximum Gasteiger partial charge on any atom is 0.324 e. The fraction of sp³-hybridized carbons (Fsp3) is 0.600. The van der Waals surface area contributed by atoms with E-state index in [-0.39, 0.29) is 12.5 Å². The van der Waals surface area contributed by atoms with Crippen molar-refractivity contribution < 1.29 is 27.5 Å². The molecule has 168 valence electrons. The van der Waals surface area contributed by atoms with Crippen LogP contribution in [0.2, 0.25) is 0 Å². The highest BCUT2D eigenvalue weighted by molar-refractivity contribution is 7.88. The highest BCUT2D eigenvalue weighted by atomic mass is 32.2. The summed E-state index contributed by atoms with van der Waals surface area (Å²) in [5, 5.41) is 2.77. The number of sulfonamides is 1. The third-order valence-corrected chi connectivity index (χ3v) is 6.30. The molecule has 1 aromatic rings. The average Bonchev–Trinajstić information content (AvgIpc) is 2.74. The van der Waals surface area contributed by atoms with Crippen molar-refractivity contribution in [3.8, 4) is 5.75 Å². The molecule has 0 bridgehead atoms. The smallest absolute Gasteiger partial charge is 0.324 e. The summed E-state index contributed by atoms with van der Waals surface area (Å²) in [6.07, 6.45) is 3.18. The first-order valence-corrected chi connectivity index (χ1v) is 11.9. The van der Waals surface area contributed by atoms with Crippen molar-refractivity contribution in [1.82, 2.24) is 14.5 Å². The molecule has 0 spiro atoms. The minimum Gasteiger partial charge on any atom is -0.494 e. The van der Waals surface area contributed by atoms with Crippen LogP contribution in [0.1, 0.15) is 30.1 Å². The molecule has 0 unspecified atom stereocenters. The normalized spacial score (nSPS) is 16.6. The Morgan fingerprint density at radius 2 is 1.77 bits per heavy atom. The van der Waals surface area contributed by atoms with Crippen LogP contribution in [-0.4, -0.2) is 88.2 Å². The van der Waals surface area contributed by atoms with Gasteiger partial charge in [-0.2, -0.15) is 4.31 Å². The van der Waals surface area contributed by atoms with Crippen LogP contribution in [0.5, 0.6) is 5.75 Å². The van der Waals surface area contributed by atoms with Gasteiger partial charge in [0.2, 0.25) is 10.0 Å². The maximum atomic E-state index is 12.5. The van der Waals surface area contributed by atoms with Gasteiger partial charge in [0, 0.05) is 38.3 Å². The number of esters is 1. The first kappa shape index (κ1) is 24.1. The van der Waals surface area contributed by atoms with E-state index in [9.17, 15) is 18.0 Å². The van der Waals surface area contributed by atoms with Gasteiger partial charge in [0.25, 0.3) is 5.91 Å². The quantitative estimate of drug-likeness (QED) is 0.421. The maximum absolute atomic E-state index is 12.5. The Bertz CT molecular complexity index is 804. The van der Waals surface area contributed by atoms with E-state index in [0.717, 1.165) is 12.8 Å². The van der Waals surface area contributed by atoms with Gasteiger partial charge in [0.05, 0.1) is 20.0 Å². The largest absolute Gasteiger partial charge is 0.494 e. The van der Waals surface area contributed by atoms with E-state index in [2.05, 4.69) is 12.2 Å². The minimum atomic E-state index is -3.26. The molecule has 0 radical (unpaired) electrons. The molecule has 1 aromatic carbocycles. The van der Waals surface area contributed by atoms with Gasteiger partial charge in [0.15, 0.2) is 0 Å². The van der Waals surface area contributed by atoms with Gasteiger partial charge in [-0.25, -0.2) is 8.42 Å². The van der Waals surface area contributed by atoms with Crippen molar-refractivity contribution in [2.24, 2.45) is 0 Å². The topological polar surface area (TPSA) is 105 Å². The Balaban J connectivity index is 1.93. The molecule has 1 aliphatic rings. The number of nitrogens with zero attached hydrogens (tertiary/aromatic N) is 2. The van der Waals surface area contributed by atoms with E-state index >= 15 is 0 Å². The number of unbranched alkanes of at least 4 members (excludes halogenated alkanes) is 1. The van der Waals surface area contributed by atoms with Crippen molar-refractivity contribution in [2.45, 2.75) is 25.8 Å². The summed E-state index contributed by atoms with van der Waals surface area (Å²) in [7, 11) is -1.97. The first-order chi connectivity index (χ1) is 14.3. The van der Waals surface area contributed by atoms with Crippen molar-refractivity contribution in [1.29, 1.82) is 0 Å². The number of piperazine rings is 1. The van der Waals surface area contributed by atoms with Crippen LogP contribution in [0.4, 0.5) is 0 Å². The van der Waals surface area contributed by atoms with Gasteiger partial charge in [-0.3, -0.25) is 14.5 Å². The van der Waals surface area contributed by atoms with Gasteiger partial charge < -0.3 is 14.8 Å². The number of hydrogen-bond acceptors (Lipinski definition) is 7. The molecular formula is C20H31N3O6S. The lowest BCUT2D eigenvalue weighted by molar-refractivity contribution is -0.147. The van der Waals surface area contributed by atoms with Gasteiger partial charge in [-0.05, 0) is 30.7 Å². The average molecular weight is 442 g/mol. The summed E-state index contributed by atoms with van der Waals surface area (Å²) in [5.74, 6) is -0.0715. The highest BCUT2D eigenvalue weighted by Crippen LogP contribution is 2.14. The van der Waals surface area contributed by atoms with E-state index in [1.54, 1.807) is 24.3 Å². The van der Waals surface area contributed by atoms with E-state index in [1.807, 2.05) is 4.90 Å². The van der Waals surface area contributed by atoms with Crippen LogP contribution in [0.25, 0.3) is 0 Å². The molecular weight excluding hydrogens is 410 g/mol. The lowest BCUT2D eigenvalue weighted by Crippen LogP contribution is -2.57. The second-order valence-electron chi connectivity index (χ2n) is 7.17. The second kappa shape index (κ2) is 11.3. The number of benzene rings is 1. The number of nitrogens with one attached hydrogen (secondary N) is 1. The second-order valence-corrected chi connectivity index (χ2v) is 9.16. The standard InChI is InChI=1S/C20H31N3O6S/c1-4-5-14-29-17-8-6-16(7-9-17)19(24)21-15-18(20(25)28-2)22-10-12-23(13-11-22)30(3,26)27/h6-9,18H,4-5,10-15H2,1-3H3,(H,21,24)/t18-/m0/s1. The predicted molar refractivity (Wildman–Crippen MR) is 113 cm³/mol. The molecule has 1 N–H and O–H groups in total. The highest BCUT2D eigenvalue weighted by Gasteiger charge is 2.32. The Kier molecular flexibility index (Phi) is 9.07. The number of methoxy groups -OCH3 is 1. The summed E-state index contributed by atoms with van der Waals surface area (Å²) in [6, 6.07) is 6.15. The Labute approximate surface area is 178 Å². The summed E-state index contributed by atoms with van der Waals surface area (Å²) in [6.45, 7) is 4.14. The van der Waals surface area contributed by atoms with E-state index < -0.39 is 22.0 Å². The molecule has 1 fully saturated rings. The molecule has 0 saturated carbocycles. The van der Waals surface area contributed by atoms with Gasteiger partial charge >= 0.3 is 5.97 Å². The zero-order chi connectivity index (χ0) is 22.1. The molecule has 30 heavy (non-hydrogen) atoms. The fourth-order valence-corrected chi connectivity index (χ4v) is 4.00. The molecule has 2 rings (SSSR count). The van der Waals surface area contributed by atoms with Crippen LogP contribution < -0.4 is 10.1 Å². The van der Waals surface area contributed by atoms with Gasteiger partial charge in [-0.1, -0.05) is 13.3 Å². The molecule has 10 heteroatoms. The molecule has 1 aliphatic heterocycles. The van der Waals surface area contributed by atoms with Crippen LogP contribution in [0.15, 0.2) is 24.3 Å². The minimum absolute atomic E-state index is 0.0686. The summed E-state index contributed by atoms with van der Waals surface area (Å²) >= 11 is 0. The molecule has 0 aromatic heterocycles. The Morgan fingerprint density at radius 1 is 1.13 bits per heavy atom. The van der Waals surface area contributed by atoms with E-state index in [0.29, 0.717) is 44.1 Å². The molecule has 1 atom stereocenters. The zero-order valence-electron chi connectivity index (χ0n) is 17.8. The number of carbonyl (C=O) groups is 2. The number of carbonyl (C=O) groups excluding carboxylic acids is 2. The molecule has 1 amide bonds. The van der Waals surface area contributed by atoms with E-state index in [4.69, 9.17) is 9.47 Å². The van der Waals surface area contributed by atoms with Crippen molar-refractivity contribution in [2.75, 3.05) is 52.7 Å². The molecule has 9 nitrogen and oxygen atoms in total. The summed E-state index contributed by atoms with van der Waals surface area (Å²) in [4.78, 5) is 26.6. The Hall–Kier alpha value is -2.17. The van der Waals surface area contributed by atoms with Crippen molar-refractivity contribution in [3.05, 3.63) is 29.8 Å². The van der Waals surface area contributed by atoms with E-state index in [1.165, 1.54) is 17.7 Å². The SMILES string of the molecule is CCCCOc1ccc(C(=O)NC[C@@H](C(=O)OC)N2CCN(S(C)(=O)=O)CC2)cc1. The number of hydrogen-bond donors (Lipinski definition) is 1. The van der Waals surface area contributed by atoms with Crippen LogP contribution in [0, 0.1) is 0 Å². The van der Waals surface area contributed by atoms with Gasteiger partial charge in [0.1, 0.15) is 11.8 Å². The lowest BCUT2D eigenvalue weighted by Gasteiger charge is -2.37. The van der Waals surface area contributed by atoms with Crippen LogP contribution in [0.3, 0.4) is 0 Å². The summed E-state index contributed by atoms with van der Waals surface area (Å²) in [5.41, 5.74) is 0.461. The van der Waals surface area contributed by atoms with Gasteiger partial charge in [-0.15, -0.1) is 0 Å². The third-order valence-electron chi connectivity index (χ3n) is 5.00. The molecule has 1 saturated heterocycles. The predicted octanol–water partition coefficient (Wildman–Crippen LogP) is 0.714. The van der Waals surface area contributed by atoms with Crippen LogP contribution in [-0.2, 0) is 19.6 Å². The van der Waals surface area contributed by atoms with Crippen LogP contribution >= 0.6 is 0 Å². The van der Waals surface area contributed by atoms with Crippen molar-refractivity contribution >= 4 is 21.9 Å². The first-order valence-electron chi connectivity index (χ1n) is 10.0. The number of amides is 1. The molecule has 1 heterocycles. The fourth-order valence-electron chi connectivity index (χ4n) is 3.17. The monoisotopic (exact) mass is 441 g/mol. The number of rotatable bonds is 10. The third kappa shape index (κ3) is 6.96. The molecule has 0 aliphatic carbocycles. The zero-order valence-corrected chi connectivity index (χ0v) is 18.6. The Morgan fingerprint density at radius 3 is 2.30 bits per heavy atom. The summed E-state index contributed by atoms with van der Waals surface area (Å²) < 4.78 is 35.2.